The molecule has 2 rings (SSSR count). The first-order valence-electron chi connectivity index (χ1n) is 6.45. The van der Waals surface area contributed by atoms with Crippen LogP contribution in [-0.2, 0) is 13.5 Å². The molecule has 0 spiro atoms. The second-order valence-electron chi connectivity index (χ2n) is 4.30. The van der Waals surface area contributed by atoms with Crippen molar-refractivity contribution in [2.24, 2.45) is 7.05 Å². The van der Waals surface area contributed by atoms with Crippen LogP contribution in [0, 0.1) is 3.57 Å². The molecule has 0 aliphatic rings. The minimum Gasteiger partial charge on any atom is -0.369 e. The number of anilines is 1. The Morgan fingerprint density at radius 2 is 2.11 bits per heavy atom. The Labute approximate surface area is 127 Å². The van der Waals surface area contributed by atoms with Crippen LogP contribution in [-0.4, -0.2) is 26.1 Å². The predicted molar refractivity (Wildman–Crippen MR) is 85.1 cm³/mol. The van der Waals surface area contributed by atoms with Gasteiger partial charge in [0.25, 0.3) is 0 Å². The number of nitrogens with zero attached hydrogens (tertiary/aromatic N) is 4. The molecule has 1 N–H and O–H groups in total. The summed E-state index contributed by atoms with van der Waals surface area (Å²) in [4.78, 5) is 13.6. The maximum absolute atomic E-state index is 4.67. The molecule has 0 radical (unpaired) electrons. The summed E-state index contributed by atoms with van der Waals surface area (Å²) in [5.74, 6) is 2.39. The van der Waals surface area contributed by atoms with Crippen LogP contribution in [0.25, 0.3) is 11.6 Å². The number of aryl methyl sites for hydroxylation is 2. The van der Waals surface area contributed by atoms with E-state index in [1.807, 2.05) is 17.8 Å². The summed E-state index contributed by atoms with van der Waals surface area (Å²) in [6.07, 6.45) is 5.70. The minimum atomic E-state index is 0.687. The molecule has 0 saturated heterocycles. The number of halogens is 1. The molecule has 0 aromatic carbocycles. The molecule has 0 fully saturated rings. The maximum Gasteiger partial charge on any atom is 0.198 e. The lowest BCUT2D eigenvalue weighted by Crippen LogP contribution is -2.09. The molecule has 0 aliphatic carbocycles. The Balaban J connectivity index is 2.52. The van der Waals surface area contributed by atoms with Crippen molar-refractivity contribution in [3.05, 3.63) is 21.7 Å². The van der Waals surface area contributed by atoms with Gasteiger partial charge in [0.05, 0.1) is 9.26 Å². The smallest absolute Gasteiger partial charge is 0.198 e. The molecule has 0 saturated carbocycles. The monoisotopic (exact) mass is 371 g/mol. The lowest BCUT2D eigenvalue weighted by Gasteiger charge is -2.11. The van der Waals surface area contributed by atoms with Gasteiger partial charge < -0.3 is 9.88 Å². The maximum atomic E-state index is 4.67. The predicted octanol–water partition coefficient (Wildman–Crippen LogP) is 2.87. The van der Waals surface area contributed by atoms with Crippen molar-refractivity contribution < 1.29 is 0 Å². The fourth-order valence-electron chi connectivity index (χ4n) is 1.86. The molecule has 0 amide bonds. The molecular formula is C13H18IN5. The second-order valence-corrected chi connectivity index (χ2v) is 5.38. The third-order valence-electron chi connectivity index (χ3n) is 2.77. The highest BCUT2D eigenvalue weighted by molar-refractivity contribution is 14.1. The van der Waals surface area contributed by atoms with Gasteiger partial charge in [0.1, 0.15) is 5.82 Å². The summed E-state index contributed by atoms with van der Waals surface area (Å²) in [6.45, 7) is 5.07. The molecule has 2 aromatic heterocycles. The summed E-state index contributed by atoms with van der Waals surface area (Å²) < 4.78 is 3.05. The highest BCUT2D eigenvalue weighted by Gasteiger charge is 2.14. The quantitative estimate of drug-likeness (QED) is 0.822. The van der Waals surface area contributed by atoms with Crippen LogP contribution in [0.3, 0.4) is 0 Å². The van der Waals surface area contributed by atoms with Gasteiger partial charge in [-0.2, -0.15) is 0 Å². The van der Waals surface area contributed by atoms with E-state index in [0.29, 0.717) is 5.82 Å². The Hall–Kier alpha value is -1.18. The van der Waals surface area contributed by atoms with Crippen molar-refractivity contribution in [1.29, 1.82) is 0 Å². The van der Waals surface area contributed by atoms with Gasteiger partial charge in [-0.15, -0.1) is 0 Å². The Morgan fingerprint density at radius 1 is 1.32 bits per heavy atom. The zero-order chi connectivity index (χ0) is 13.8. The first-order valence-corrected chi connectivity index (χ1v) is 7.53. The molecule has 0 unspecified atom stereocenters. The Kier molecular flexibility index (Phi) is 4.73. The van der Waals surface area contributed by atoms with Gasteiger partial charge in [0.15, 0.2) is 11.6 Å². The highest BCUT2D eigenvalue weighted by atomic mass is 127. The van der Waals surface area contributed by atoms with Gasteiger partial charge in [0, 0.05) is 26.0 Å². The average Bonchev–Trinajstić information content (AvgIpc) is 2.81. The van der Waals surface area contributed by atoms with Gasteiger partial charge in [-0.25, -0.2) is 15.0 Å². The van der Waals surface area contributed by atoms with Gasteiger partial charge in [0.2, 0.25) is 0 Å². The lowest BCUT2D eigenvalue weighted by molar-refractivity contribution is 0.851. The Bertz CT molecular complexity index is 537. The number of nitrogens with one attached hydrogen (secondary N) is 1. The van der Waals surface area contributed by atoms with Crippen molar-refractivity contribution in [1.82, 2.24) is 19.5 Å². The van der Waals surface area contributed by atoms with Crippen LogP contribution in [0.15, 0.2) is 12.4 Å². The first-order chi connectivity index (χ1) is 9.17. The lowest BCUT2D eigenvalue weighted by atomic mass is 10.2. The molecule has 0 atom stereocenters. The minimum absolute atomic E-state index is 0.687. The molecule has 2 heterocycles. The van der Waals surface area contributed by atoms with Crippen molar-refractivity contribution in [2.75, 3.05) is 11.9 Å². The first kappa shape index (κ1) is 14.2. The van der Waals surface area contributed by atoms with E-state index in [-0.39, 0.29) is 0 Å². The topological polar surface area (TPSA) is 55.6 Å². The van der Waals surface area contributed by atoms with E-state index in [1.54, 1.807) is 6.20 Å². The molecule has 2 aromatic rings. The molecule has 6 heteroatoms. The van der Waals surface area contributed by atoms with Crippen molar-refractivity contribution >= 4 is 28.4 Å². The third kappa shape index (κ3) is 3.05. The van der Waals surface area contributed by atoms with E-state index in [1.165, 1.54) is 0 Å². The number of imidazole rings is 1. The van der Waals surface area contributed by atoms with Crippen molar-refractivity contribution in [3.8, 4) is 11.6 Å². The summed E-state index contributed by atoms with van der Waals surface area (Å²) in [5.41, 5.74) is 1.09. The van der Waals surface area contributed by atoms with Crippen LogP contribution in [0.2, 0.25) is 0 Å². The van der Waals surface area contributed by atoms with E-state index < -0.39 is 0 Å². The number of hydrogen-bond acceptors (Lipinski definition) is 4. The molecule has 5 nitrogen and oxygen atoms in total. The number of aromatic nitrogens is 4. The number of hydrogen-bond donors (Lipinski definition) is 1. The van der Waals surface area contributed by atoms with E-state index >= 15 is 0 Å². The summed E-state index contributed by atoms with van der Waals surface area (Å²) in [6, 6.07) is 0. The molecule has 102 valence electrons. The molecule has 0 bridgehead atoms. The Morgan fingerprint density at radius 3 is 2.68 bits per heavy atom. The highest BCUT2D eigenvalue weighted by Crippen LogP contribution is 2.24. The fraction of sp³-hybridized carbons (Fsp3) is 0.462. The molecule has 19 heavy (non-hydrogen) atoms. The standard InChI is InChI=1S/C13H18IN5/c1-4-6-9-10(14)11(15-5-2)18-12(17-9)13-16-7-8-19(13)3/h7-8H,4-6H2,1-3H3,(H,15,17,18). The van der Waals surface area contributed by atoms with E-state index in [2.05, 4.69) is 56.7 Å². The van der Waals surface area contributed by atoms with Gasteiger partial charge in [-0.05, 0) is 35.9 Å². The SMILES string of the molecule is CCCc1nc(-c2nccn2C)nc(NCC)c1I. The largest absolute Gasteiger partial charge is 0.369 e. The van der Waals surface area contributed by atoms with Crippen LogP contribution in [0.1, 0.15) is 26.0 Å². The van der Waals surface area contributed by atoms with Crippen LogP contribution >= 0.6 is 22.6 Å². The fourth-order valence-corrected chi connectivity index (χ4v) is 2.56. The number of rotatable bonds is 5. The van der Waals surface area contributed by atoms with Crippen molar-refractivity contribution in [2.45, 2.75) is 26.7 Å². The van der Waals surface area contributed by atoms with E-state index in [0.717, 1.165) is 40.3 Å². The third-order valence-corrected chi connectivity index (χ3v) is 3.91. The van der Waals surface area contributed by atoms with E-state index in [9.17, 15) is 0 Å². The van der Waals surface area contributed by atoms with Crippen LogP contribution in [0.5, 0.6) is 0 Å². The average molecular weight is 371 g/mol. The summed E-state index contributed by atoms with van der Waals surface area (Å²) in [5, 5.41) is 3.30. The van der Waals surface area contributed by atoms with Crippen molar-refractivity contribution in [3.63, 3.8) is 0 Å². The zero-order valence-electron chi connectivity index (χ0n) is 11.4. The summed E-state index contributed by atoms with van der Waals surface area (Å²) >= 11 is 2.32. The van der Waals surface area contributed by atoms with Crippen LogP contribution < -0.4 is 5.32 Å². The van der Waals surface area contributed by atoms with E-state index in [4.69, 9.17) is 0 Å². The van der Waals surface area contributed by atoms with Gasteiger partial charge >= 0.3 is 0 Å². The van der Waals surface area contributed by atoms with Crippen LogP contribution in [0.4, 0.5) is 5.82 Å². The van der Waals surface area contributed by atoms with Gasteiger partial charge in [-0.3, -0.25) is 0 Å². The second kappa shape index (κ2) is 6.31. The normalized spacial score (nSPS) is 10.7. The van der Waals surface area contributed by atoms with Gasteiger partial charge in [-0.1, -0.05) is 13.3 Å². The molecule has 0 aliphatic heterocycles. The molecular weight excluding hydrogens is 353 g/mol. The zero-order valence-corrected chi connectivity index (χ0v) is 13.6. The summed E-state index contributed by atoms with van der Waals surface area (Å²) in [7, 11) is 1.95.